The monoisotopic (exact) mass is 320 g/mol. The van der Waals surface area contributed by atoms with Crippen LogP contribution in [0.15, 0.2) is 35.7 Å². The second-order valence-electron chi connectivity index (χ2n) is 4.52. The average molecular weight is 321 g/mol. The van der Waals surface area contributed by atoms with Crippen LogP contribution >= 0.6 is 22.9 Å². The Hall–Kier alpha value is -1.82. The zero-order valence-corrected chi connectivity index (χ0v) is 12.6. The van der Waals surface area contributed by atoms with E-state index < -0.39 is 0 Å². The highest BCUT2D eigenvalue weighted by Crippen LogP contribution is 2.36. The summed E-state index contributed by atoms with van der Waals surface area (Å²) in [5.41, 5.74) is 2.19. The fourth-order valence-corrected chi connectivity index (χ4v) is 3.23. The summed E-state index contributed by atoms with van der Waals surface area (Å²) < 4.78 is 0. The molecule has 108 valence electrons. The highest BCUT2D eigenvalue weighted by Gasteiger charge is 2.19. The van der Waals surface area contributed by atoms with Crippen molar-refractivity contribution in [3.8, 4) is 10.4 Å². The van der Waals surface area contributed by atoms with Crippen molar-refractivity contribution in [3.05, 3.63) is 46.4 Å². The van der Waals surface area contributed by atoms with E-state index in [-0.39, 0.29) is 19.1 Å². The summed E-state index contributed by atoms with van der Waals surface area (Å²) in [7, 11) is 0. The Balaban J connectivity index is 2.19. The quantitative estimate of drug-likeness (QED) is 0.690. The van der Waals surface area contributed by atoms with E-state index in [0.717, 1.165) is 21.3 Å². The summed E-state index contributed by atoms with van der Waals surface area (Å²) in [5, 5.41) is 15.0. The van der Waals surface area contributed by atoms with Gasteiger partial charge in [0.05, 0.1) is 6.61 Å². The maximum atomic E-state index is 12.3. The molecule has 6 heteroatoms. The van der Waals surface area contributed by atoms with Crippen molar-refractivity contribution in [1.29, 1.82) is 0 Å². The van der Waals surface area contributed by atoms with Crippen LogP contribution in [0.1, 0.15) is 10.5 Å². The fraction of sp³-hybridized carbons (Fsp3) is 0.133. The molecule has 0 atom stereocenters. The molecule has 0 aliphatic rings. The first-order valence-corrected chi connectivity index (χ1v) is 7.70. The van der Waals surface area contributed by atoms with Crippen LogP contribution in [-0.4, -0.2) is 29.1 Å². The molecule has 3 aromatic rings. The normalized spacial score (nSPS) is 11.0. The molecule has 2 aromatic heterocycles. The van der Waals surface area contributed by atoms with Gasteiger partial charge in [-0.15, -0.1) is 11.3 Å². The molecule has 0 bridgehead atoms. The SMILES string of the molecule is O=C(NCCO)c1[nH]c2ccc(Cl)cc2c1-c1cccs1. The lowest BCUT2D eigenvalue weighted by atomic mass is 10.1. The summed E-state index contributed by atoms with van der Waals surface area (Å²) in [6, 6.07) is 9.41. The zero-order chi connectivity index (χ0) is 14.8. The van der Waals surface area contributed by atoms with Gasteiger partial charge in [0.15, 0.2) is 0 Å². The molecule has 2 heterocycles. The maximum absolute atomic E-state index is 12.3. The third-order valence-electron chi connectivity index (χ3n) is 3.15. The minimum Gasteiger partial charge on any atom is -0.395 e. The number of carbonyl (C=O) groups excluding carboxylic acids is 1. The third kappa shape index (κ3) is 2.68. The second kappa shape index (κ2) is 5.89. The second-order valence-corrected chi connectivity index (χ2v) is 5.91. The van der Waals surface area contributed by atoms with E-state index >= 15 is 0 Å². The van der Waals surface area contributed by atoms with E-state index in [1.807, 2.05) is 29.6 Å². The first-order chi connectivity index (χ1) is 10.2. The molecule has 0 aliphatic carbocycles. The Labute approximate surface area is 130 Å². The zero-order valence-electron chi connectivity index (χ0n) is 11.0. The highest BCUT2D eigenvalue weighted by atomic mass is 35.5. The average Bonchev–Trinajstić information content (AvgIpc) is 3.10. The van der Waals surface area contributed by atoms with E-state index in [1.165, 1.54) is 0 Å². The van der Waals surface area contributed by atoms with Crippen molar-refractivity contribution in [2.75, 3.05) is 13.2 Å². The molecule has 3 N–H and O–H groups in total. The predicted octanol–water partition coefficient (Wildman–Crippen LogP) is 3.27. The van der Waals surface area contributed by atoms with Gasteiger partial charge >= 0.3 is 0 Å². The van der Waals surface area contributed by atoms with Gasteiger partial charge < -0.3 is 15.4 Å². The molecular weight excluding hydrogens is 308 g/mol. The van der Waals surface area contributed by atoms with Crippen molar-refractivity contribution < 1.29 is 9.90 Å². The number of aliphatic hydroxyl groups excluding tert-OH is 1. The van der Waals surface area contributed by atoms with Crippen molar-refractivity contribution >= 4 is 39.7 Å². The van der Waals surface area contributed by atoms with Crippen molar-refractivity contribution in [2.24, 2.45) is 0 Å². The Bertz CT molecular complexity index is 780. The Morgan fingerprint density at radius 2 is 2.24 bits per heavy atom. The Morgan fingerprint density at radius 3 is 2.95 bits per heavy atom. The number of fused-ring (bicyclic) bond motifs is 1. The molecule has 1 aromatic carbocycles. The molecular formula is C15H13ClN2O2S. The van der Waals surface area contributed by atoms with Gasteiger partial charge in [-0.05, 0) is 29.6 Å². The third-order valence-corrected chi connectivity index (χ3v) is 4.28. The summed E-state index contributed by atoms with van der Waals surface area (Å²) in [6.07, 6.45) is 0. The summed E-state index contributed by atoms with van der Waals surface area (Å²) in [6.45, 7) is 0.130. The molecule has 0 saturated heterocycles. The van der Waals surface area contributed by atoms with E-state index in [1.54, 1.807) is 17.4 Å². The van der Waals surface area contributed by atoms with Gasteiger partial charge in [-0.2, -0.15) is 0 Å². The largest absolute Gasteiger partial charge is 0.395 e. The number of aromatic nitrogens is 1. The molecule has 0 spiro atoms. The Morgan fingerprint density at radius 1 is 1.38 bits per heavy atom. The molecule has 1 amide bonds. The molecule has 0 saturated carbocycles. The van der Waals surface area contributed by atoms with Crippen molar-refractivity contribution in [1.82, 2.24) is 10.3 Å². The summed E-state index contributed by atoms with van der Waals surface area (Å²) in [4.78, 5) is 16.4. The van der Waals surface area contributed by atoms with Crippen molar-refractivity contribution in [3.63, 3.8) is 0 Å². The lowest BCUT2D eigenvalue weighted by Crippen LogP contribution is -2.27. The van der Waals surface area contributed by atoms with Crippen LogP contribution in [0.2, 0.25) is 5.02 Å². The summed E-state index contributed by atoms with van der Waals surface area (Å²) in [5.74, 6) is -0.236. The minimum absolute atomic E-state index is 0.0911. The van der Waals surface area contributed by atoms with E-state index in [0.29, 0.717) is 10.7 Å². The summed E-state index contributed by atoms with van der Waals surface area (Å²) >= 11 is 7.64. The number of carbonyl (C=O) groups is 1. The molecule has 0 unspecified atom stereocenters. The molecule has 4 nitrogen and oxygen atoms in total. The standard InChI is InChI=1S/C15H13ClN2O2S/c16-9-3-4-11-10(8-9)13(12-2-1-7-21-12)14(18-11)15(20)17-5-6-19/h1-4,7-8,18-19H,5-6H2,(H,17,20). The maximum Gasteiger partial charge on any atom is 0.268 e. The number of aliphatic hydroxyl groups is 1. The smallest absolute Gasteiger partial charge is 0.268 e. The van der Waals surface area contributed by atoms with Gasteiger partial charge in [0.25, 0.3) is 5.91 Å². The first kappa shape index (κ1) is 14.1. The number of hydrogen-bond acceptors (Lipinski definition) is 3. The number of amides is 1. The van der Waals surface area contributed by atoms with E-state index in [2.05, 4.69) is 10.3 Å². The van der Waals surface area contributed by atoms with Crippen LogP contribution in [0.5, 0.6) is 0 Å². The van der Waals surface area contributed by atoms with Crippen molar-refractivity contribution in [2.45, 2.75) is 0 Å². The van der Waals surface area contributed by atoms with Gasteiger partial charge in [-0.3, -0.25) is 4.79 Å². The van der Waals surface area contributed by atoms with Crippen LogP contribution in [0.3, 0.4) is 0 Å². The molecule has 0 fully saturated rings. The number of H-pyrrole nitrogens is 1. The number of thiophene rings is 1. The molecule has 21 heavy (non-hydrogen) atoms. The lowest BCUT2D eigenvalue weighted by molar-refractivity contribution is 0.0941. The van der Waals surface area contributed by atoms with Gasteiger partial charge in [0.2, 0.25) is 0 Å². The van der Waals surface area contributed by atoms with Crippen LogP contribution in [0, 0.1) is 0 Å². The topological polar surface area (TPSA) is 65.1 Å². The van der Waals surface area contributed by atoms with Gasteiger partial charge in [-0.25, -0.2) is 0 Å². The number of aromatic amines is 1. The number of benzene rings is 1. The van der Waals surface area contributed by atoms with Crippen LogP contribution in [-0.2, 0) is 0 Å². The molecule has 0 aliphatic heterocycles. The fourth-order valence-electron chi connectivity index (χ4n) is 2.27. The number of hydrogen-bond donors (Lipinski definition) is 3. The first-order valence-electron chi connectivity index (χ1n) is 6.45. The van der Waals surface area contributed by atoms with Crippen LogP contribution < -0.4 is 5.32 Å². The Kier molecular flexibility index (Phi) is 3.96. The van der Waals surface area contributed by atoms with Crippen LogP contribution in [0.4, 0.5) is 0 Å². The predicted molar refractivity (Wildman–Crippen MR) is 86.0 cm³/mol. The van der Waals surface area contributed by atoms with Gasteiger partial charge in [0, 0.05) is 32.9 Å². The van der Waals surface area contributed by atoms with E-state index in [4.69, 9.17) is 16.7 Å². The van der Waals surface area contributed by atoms with Crippen LogP contribution in [0.25, 0.3) is 21.3 Å². The highest BCUT2D eigenvalue weighted by molar-refractivity contribution is 7.13. The lowest BCUT2D eigenvalue weighted by Gasteiger charge is -2.04. The minimum atomic E-state index is -0.236. The number of halogens is 1. The molecule has 3 rings (SSSR count). The number of nitrogens with one attached hydrogen (secondary N) is 2. The van der Waals surface area contributed by atoms with Gasteiger partial charge in [0.1, 0.15) is 5.69 Å². The molecule has 0 radical (unpaired) electrons. The van der Waals surface area contributed by atoms with Gasteiger partial charge in [-0.1, -0.05) is 17.7 Å². The van der Waals surface area contributed by atoms with E-state index in [9.17, 15) is 4.79 Å². The number of rotatable bonds is 4.